The van der Waals surface area contributed by atoms with Gasteiger partial charge in [-0.2, -0.15) is 0 Å². The molecule has 32 heavy (non-hydrogen) atoms. The van der Waals surface area contributed by atoms with Crippen LogP contribution in [0.3, 0.4) is 0 Å². The van der Waals surface area contributed by atoms with Gasteiger partial charge in [-0.25, -0.2) is 22.9 Å². The SMILES string of the molecule is Cc1oc2c(c1CC(=O)Nc1nc(-c3cc(F)c(F)cc3F)cs1)c(=O)n(C)c(=O)n2C. The molecule has 1 amide bonds. The van der Waals surface area contributed by atoms with Crippen LogP contribution in [-0.4, -0.2) is 20.0 Å². The van der Waals surface area contributed by atoms with Gasteiger partial charge in [-0.05, 0) is 13.0 Å². The summed E-state index contributed by atoms with van der Waals surface area (Å²) >= 11 is 0.961. The molecule has 3 aromatic heterocycles. The highest BCUT2D eigenvalue weighted by molar-refractivity contribution is 7.14. The Kier molecular flexibility index (Phi) is 5.25. The molecule has 0 spiro atoms. The number of hydrogen-bond acceptors (Lipinski definition) is 6. The first-order chi connectivity index (χ1) is 15.1. The Hall–Kier alpha value is -3.67. The Labute approximate surface area is 181 Å². The molecular weight excluding hydrogens is 449 g/mol. The van der Waals surface area contributed by atoms with Crippen molar-refractivity contribution >= 4 is 33.5 Å². The molecule has 0 atom stereocenters. The number of hydrogen-bond donors (Lipinski definition) is 1. The van der Waals surface area contributed by atoms with Gasteiger partial charge < -0.3 is 9.73 Å². The van der Waals surface area contributed by atoms with E-state index in [1.165, 1.54) is 24.0 Å². The number of furan rings is 1. The Balaban J connectivity index is 1.62. The van der Waals surface area contributed by atoms with Gasteiger partial charge in [0.1, 0.15) is 17.0 Å². The smallest absolute Gasteiger partial charge is 0.333 e. The molecule has 0 radical (unpaired) electrons. The van der Waals surface area contributed by atoms with Crippen LogP contribution in [0.4, 0.5) is 18.3 Å². The minimum atomic E-state index is -1.32. The fourth-order valence-electron chi connectivity index (χ4n) is 3.30. The summed E-state index contributed by atoms with van der Waals surface area (Å²) in [6, 6.07) is 1.11. The van der Waals surface area contributed by atoms with Gasteiger partial charge in [0.15, 0.2) is 16.8 Å². The van der Waals surface area contributed by atoms with Crippen LogP contribution in [0.5, 0.6) is 0 Å². The van der Waals surface area contributed by atoms with Crippen LogP contribution in [-0.2, 0) is 25.3 Å². The van der Waals surface area contributed by atoms with Crippen molar-refractivity contribution in [3.8, 4) is 11.3 Å². The molecule has 166 valence electrons. The predicted molar refractivity (Wildman–Crippen MR) is 111 cm³/mol. The number of fused-ring (bicyclic) bond motifs is 1. The molecule has 0 unspecified atom stereocenters. The molecule has 0 saturated carbocycles. The number of thiazole rings is 1. The van der Waals surface area contributed by atoms with Gasteiger partial charge in [0.05, 0.1) is 12.1 Å². The Morgan fingerprint density at radius 2 is 1.81 bits per heavy atom. The van der Waals surface area contributed by atoms with E-state index in [-0.39, 0.29) is 33.9 Å². The van der Waals surface area contributed by atoms with Gasteiger partial charge in [0, 0.05) is 36.7 Å². The summed E-state index contributed by atoms with van der Waals surface area (Å²) < 4.78 is 48.2. The Morgan fingerprint density at radius 1 is 1.12 bits per heavy atom. The van der Waals surface area contributed by atoms with Crippen molar-refractivity contribution in [3.05, 3.63) is 67.1 Å². The first-order valence-electron chi connectivity index (χ1n) is 9.16. The zero-order valence-electron chi connectivity index (χ0n) is 17.0. The zero-order valence-corrected chi connectivity index (χ0v) is 17.8. The maximum absolute atomic E-state index is 14.0. The summed E-state index contributed by atoms with van der Waals surface area (Å²) in [7, 11) is 2.77. The van der Waals surface area contributed by atoms with Crippen molar-refractivity contribution < 1.29 is 22.4 Å². The van der Waals surface area contributed by atoms with Gasteiger partial charge in [-0.3, -0.25) is 18.7 Å². The average molecular weight is 464 g/mol. The summed E-state index contributed by atoms with van der Waals surface area (Å²) in [6.07, 6.45) is -0.249. The van der Waals surface area contributed by atoms with Crippen molar-refractivity contribution in [1.82, 2.24) is 14.1 Å². The standard InChI is InChI=1S/C20H15F3N4O4S/c1-8-9(16-17(29)26(2)20(30)27(3)18(16)31-8)5-15(28)25-19-24-14(7-32-19)10-4-12(22)13(23)6-11(10)21/h4,6-7H,5H2,1-3H3,(H,24,25,28). The van der Waals surface area contributed by atoms with Crippen LogP contribution in [0.2, 0.25) is 0 Å². The van der Waals surface area contributed by atoms with E-state index in [1.54, 1.807) is 6.92 Å². The van der Waals surface area contributed by atoms with Crippen molar-refractivity contribution in [2.75, 3.05) is 5.32 Å². The molecule has 3 heterocycles. The van der Waals surface area contributed by atoms with Crippen molar-refractivity contribution in [2.24, 2.45) is 14.1 Å². The molecule has 4 aromatic rings. The summed E-state index contributed by atoms with van der Waals surface area (Å²) in [5.41, 5.74) is -1.00. The van der Waals surface area contributed by atoms with Gasteiger partial charge in [0.25, 0.3) is 5.56 Å². The highest BCUT2D eigenvalue weighted by Crippen LogP contribution is 2.29. The molecule has 8 nitrogen and oxygen atoms in total. The predicted octanol–water partition coefficient (Wildman–Crippen LogP) is 2.86. The lowest BCUT2D eigenvalue weighted by Gasteiger charge is -2.04. The Morgan fingerprint density at radius 3 is 2.53 bits per heavy atom. The van der Waals surface area contributed by atoms with E-state index < -0.39 is 34.6 Å². The maximum atomic E-state index is 14.0. The number of nitrogens with one attached hydrogen (secondary N) is 1. The number of amides is 1. The quantitative estimate of drug-likeness (QED) is 0.469. The van der Waals surface area contributed by atoms with E-state index in [0.717, 1.165) is 15.9 Å². The number of rotatable bonds is 4. The lowest BCUT2D eigenvalue weighted by atomic mass is 10.1. The number of anilines is 1. The van der Waals surface area contributed by atoms with Gasteiger partial charge in [0.2, 0.25) is 11.6 Å². The van der Waals surface area contributed by atoms with Crippen LogP contribution in [0.25, 0.3) is 22.4 Å². The second-order valence-corrected chi connectivity index (χ2v) is 7.89. The number of aromatic nitrogens is 3. The minimum absolute atomic E-state index is 0.0236. The zero-order chi connectivity index (χ0) is 23.3. The highest BCUT2D eigenvalue weighted by Gasteiger charge is 2.22. The molecule has 0 saturated heterocycles. The fraction of sp³-hybridized carbons (Fsp3) is 0.200. The largest absolute Gasteiger partial charge is 0.444 e. The lowest BCUT2D eigenvalue weighted by Crippen LogP contribution is -2.36. The number of halogens is 3. The normalized spacial score (nSPS) is 11.3. The third kappa shape index (κ3) is 3.51. The highest BCUT2D eigenvalue weighted by atomic mass is 32.1. The van der Waals surface area contributed by atoms with E-state index in [0.29, 0.717) is 23.5 Å². The van der Waals surface area contributed by atoms with Crippen LogP contribution in [0, 0.1) is 24.4 Å². The average Bonchev–Trinajstić information content (AvgIpc) is 3.32. The number of benzene rings is 1. The summed E-state index contributed by atoms with van der Waals surface area (Å²) in [5.74, 6) is -3.77. The summed E-state index contributed by atoms with van der Waals surface area (Å²) in [6.45, 7) is 1.57. The van der Waals surface area contributed by atoms with Crippen LogP contribution >= 0.6 is 11.3 Å². The summed E-state index contributed by atoms with van der Waals surface area (Å²) in [4.78, 5) is 41.3. The number of carbonyl (C=O) groups is 1. The molecule has 0 aliphatic heterocycles. The van der Waals surface area contributed by atoms with Gasteiger partial charge in [-0.1, -0.05) is 0 Å². The maximum Gasteiger partial charge on any atom is 0.333 e. The van der Waals surface area contributed by atoms with Crippen molar-refractivity contribution in [1.29, 1.82) is 0 Å². The molecule has 1 N–H and O–H groups in total. The number of nitrogens with zero attached hydrogens (tertiary/aromatic N) is 3. The van der Waals surface area contributed by atoms with Crippen molar-refractivity contribution in [2.45, 2.75) is 13.3 Å². The van der Waals surface area contributed by atoms with E-state index in [1.807, 2.05) is 0 Å². The topological polar surface area (TPSA) is 99.1 Å². The molecule has 1 aromatic carbocycles. The second kappa shape index (κ2) is 7.79. The first kappa shape index (κ1) is 21.6. The van der Waals surface area contributed by atoms with Crippen LogP contribution in [0.15, 0.2) is 31.5 Å². The van der Waals surface area contributed by atoms with E-state index in [9.17, 15) is 27.6 Å². The molecular formula is C20H15F3N4O4S. The second-order valence-electron chi connectivity index (χ2n) is 7.03. The summed E-state index contributed by atoms with van der Waals surface area (Å²) in [5, 5.41) is 4.13. The monoisotopic (exact) mass is 464 g/mol. The number of carbonyl (C=O) groups excluding carboxylic acids is 1. The lowest BCUT2D eigenvalue weighted by molar-refractivity contribution is -0.115. The van der Waals surface area contributed by atoms with E-state index in [4.69, 9.17) is 4.42 Å². The molecule has 4 rings (SSSR count). The first-order valence-corrected chi connectivity index (χ1v) is 10.0. The third-order valence-electron chi connectivity index (χ3n) is 4.96. The van der Waals surface area contributed by atoms with E-state index >= 15 is 0 Å². The fourth-order valence-corrected chi connectivity index (χ4v) is 4.02. The van der Waals surface area contributed by atoms with Crippen molar-refractivity contribution in [3.63, 3.8) is 0 Å². The molecule has 0 bridgehead atoms. The molecule has 0 aliphatic rings. The molecule has 0 fully saturated rings. The van der Waals surface area contributed by atoms with Crippen LogP contribution in [0.1, 0.15) is 11.3 Å². The third-order valence-corrected chi connectivity index (χ3v) is 5.72. The Bertz CT molecular complexity index is 1520. The van der Waals surface area contributed by atoms with E-state index in [2.05, 4.69) is 10.3 Å². The van der Waals surface area contributed by atoms with Gasteiger partial charge >= 0.3 is 5.69 Å². The molecule has 12 heteroatoms. The molecule has 0 aliphatic carbocycles. The minimum Gasteiger partial charge on any atom is -0.444 e. The van der Waals surface area contributed by atoms with Crippen LogP contribution < -0.4 is 16.6 Å². The van der Waals surface area contributed by atoms with Gasteiger partial charge in [-0.15, -0.1) is 11.3 Å². The number of aryl methyl sites for hydroxylation is 2.